The monoisotopic (exact) mass is 180 g/mol. The van der Waals surface area contributed by atoms with Crippen molar-refractivity contribution in [1.29, 1.82) is 4.78 Å². The Kier molecular flexibility index (Phi) is 2.49. The number of rotatable bonds is 1. The van der Waals surface area contributed by atoms with Crippen molar-refractivity contribution in [1.82, 2.24) is 4.31 Å². The van der Waals surface area contributed by atoms with Gasteiger partial charge < -0.3 is 0 Å². The van der Waals surface area contributed by atoms with E-state index >= 15 is 0 Å². The number of alkyl halides is 1. The van der Waals surface area contributed by atoms with Crippen molar-refractivity contribution in [2.45, 2.75) is 19.0 Å². The molecule has 5 heteroatoms. The van der Waals surface area contributed by atoms with Gasteiger partial charge in [0.2, 0.25) is 0 Å². The van der Waals surface area contributed by atoms with Crippen LogP contribution in [-0.2, 0) is 9.92 Å². The van der Waals surface area contributed by atoms with Crippen LogP contribution in [0.25, 0.3) is 0 Å². The molecule has 0 radical (unpaired) electrons. The molecule has 0 aromatic rings. The van der Waals surface area contributed by atoms with Gasteiger partial charge in [0.25, 0.3) is 0 Å². The normalized spacial score (nSPS) is 28.2. The third-order valence-corrected chi connectivity index (χ3v) is 3.23. The van der Waals surface area contributed by atoms with Crippen LogP contribution in [0.1, 0.15) is 12.8 Å². The summed E-state index contributed by atoms with van der Waals surface area (Å²) < 4.78 is 32.5. The Morgan fingerprint density at radius 2 is 2.00 bits per heavy atom. The molecule has 1 aliphatic rings. The van der Waals surface area contributed by atoms with Crippen molar-refractivity contribution in [2.24, 2.45) is 0 Å². The van der Waals surface area contributed by atoms with Crippen LogP contribution in [0.4, 0.5) is 4.39 Å². The second-order valence-electron chi connectivity index (χ2n) is 2.91. The summed E-state index contributed by atoms with van der Waals surface area (Å²) in [6.07, 6.45) is 1.46. The zero-order valence-corrected chi connectivity index (χ0v) is 7.36. The van der Waals surface area contributed by atoms with Gasteiger partial charge in [-0.3, -0.25) is 0 Å². The zero-order chi connectivity index (χ0) is 8.48. The molecule has 11 heavy (non-hydrogen) atoms. The number of hydrogen-bond acceptors (Lipinski definition) is 2. The standard InChI is InChI=1S/C6H13FN2OS/c1-11(8,10)9-4-2-6(7)3-5-9/h6,8H,2-5H2,1H3. The van der Waals surface area contributed by atoms with Gasteiger partial charge in [-0.25, -0.2) is 17.7 Å². The van der Waals surface area contributed by atoms with Gasteiger partial charge in [0.15, 0.2) is 0 Å². The van der Waals surface area contributed by atoms with Crippen LogP contribution in [0.2, 0.25) is 0 Å². The van der Waals surface area contributed by atoms with Gasteiger partial charge in [-0.05, 0) is 12.8 Å². The third-order valence-electron chi connectivity index (χ3n) is 1.88. The molecule has 1 heterocycles. The summed E-state index contributed by atoms with van der Waals surface area (Å²) in [5.41, 5.74) is 0. The van der Waals surface area contributed by atoms with Crippen LogP contribution >= 0.6 is 0 Å². The second-order valence-corrected chi connectivity index (χ2v) is 5.03. The molecular formula is C6H13FN2OS. The van der Waals surface area contributed by atoms with E-state index in [2.05, 4.69) is 0 Å². The van der Waals surface area contributed by atoms with Crippen molar-refractivity contribution in [3.05, 3.63) is 0 Å². The maximum Gasteiger partial charge on any atom is 0.104 e. The minimum atomic E-state index is -2.58. The van der Waals surface area contributed by atoms with Gasteiger partial charge in [0.1, 0.15) is 16.1 Å². The van der Waals surface area contributed by atoms with Crippen LogP contribution < -0.4 is 0 Å². The molecule has 0 saturated carbocycles. The Labute approximate surface area is 66.7 Å². The van der Waals surface area contributed by atoms with Gasteiger partial charge in [-0.1, -0.05) is 0 Å². The highest BCUT2D eigenvalue weighted by atomic mass is 32.2. The van der Waals surface area contributed by atoms with E-state index in [4.69, 9.17) is 4.78 Å². The SMILES string of the molecule is CS(=N)(=O)N1CCC(F)CC1. The van der Waals surface area contributed by atoms with Crippen LogP contribution in [0, 0.1) is 4.78 Å². The van der Waals surface area contributed by atoms with Crippen molar-refractivity contribution in [2.75, 3.05) is 19.3 Å². The van der Waals surface area contributed by atoms with E-state index in [9.17, 15) is 8.60 Å². The lowest BCUT2D eigenvalue weighted by Crippen LogP contribution is -2.37. The Morgan fingerprint density at radius 3 is 2.36 bits per heavy atom. The number of nitrogens with one attached hydrogen (secondary N) is 1. The first-order valence-electron chi connectivity index (χ1n) is 3.63. The van der Waals surface area contributed by atoms with Crippen molar-refractivity contribution < 1.29 is 8.60 Å². The molecule has 66 valence electrons. The lowest BCUT2D eigenvalue weighted by molar-refractivity contribution is 0.214. The summed E-state index contributed by atoms with van der Waals surface area (Å²) in [7, 11) is -2.58. The van der Waals surface area contributed by atoms with E-state index in [1.54, 1.807) is 4.31 Å². The molecule has 1 saturated heterocycles. The molecule has 1 unspecified atom stereocenters. The summed E-state index contributed by atoms with van der Waals surface area (Å²) in [5.74, 6) is 0. The third kappa shape index (κ3) is 2.41. The van der Waals surface area contributed by atoms with Crippen molar-refractivity contribution in [3.8, 4) is 0 Å². The first kappa shape index (κ1) is 8.93. The van der Waals surface area contributed by atoms with E-state index < -0.39 is 16.1 Å². The van der Waals surface area contributed by atoms with Gasteiger partial charge in [0.05, 0.1) is 0 Å². The summed E-state index contributed by atoms with van der Waals surface area (Å²) in [5, 5.41) is 0. The molecular weight excluding hydrogens is 167 g/mol. The molecule has 3 nitrogen and oxygen atoms in total. The van der Waals surface area contributed by atoms with Gasteiger partial charge in [-0.2, -0.15) is 0 Å². The molecule has 1 aliphatic heterocycles. The quantitative estimate of drug-likeness (QED) is 0.643. The van der Waals surface area contributed by atoms with Gasteiger partial charge in [0, 0.05) is 19.3 Å². The maximum atomic E-state index is 12.6. The van der Waals surface area contributed by atoms with Crippen LogP contribution in [0.5, 0.6) is 0 Å². The number of halogens is 1. The maximum absolute atomic E-state index is 12.6. The van der Waals surface area contributed by atoms with Crippen LogP contribution in [-0.4, -0.2) is 34.0 Å². The highest BCUT2D eigenvalue weighted by Gasteiger charge is 2.22. The minimum Gasteiger partial charge on any atom is -0.247 e. The number of piperidine rings is 1. The fraction of sp³-hybridized carbons (Fsp3) is 1.00. The fourth-order valence-corrected chi connectivity index (χ4v) is 2.08. The Balaban J connectivity index is 2.53. The lowest BCUT2D eigenvalue weighted by atomic mass is 10.1. The molecule has 1 N–H and O–H groups in total. The van der Waals surface area contributed by atoms with E-state index in [1.807, 2.05) is 0 Å². The largest absolute Gasteiger partial charge is 0.247 e. The Morgan fingerprint density at radius 1 is 1.55 bits per heavy atom. The molecule has 0 spiro atoms. The Bertz CT molecular complexity index is 219. The first-order chi connectivity index (χ1) is 5.00. The van der Waals surface area contributed by atoms with E-state index in [0.29, 0.717) is 25.9 Å². The van der Waals surface area contributed by atoms with Crippen LogP contribution in [0.15, 0.2) is 0 Å². The first-order valence-corrected chi connectivity index (χ1v) is 5.55. The van der Waals surface area contributed by atoms with Crippen LogP contribution in [0.3, 0.4) is 0 Å². The molecule has 1 fully saturated rings. The van der Waals surface area contributed by atoms with E-state index in [-0.39, 0.29) is 0 Å². The summed E-state index contributed by atoms with van der Waals surface area (Å²) >= 11 is 0. The fourth-order valence-electron chi connectivity index (χ4n) is 1.17. The number of nitrogens with zero attached hydrogens (tertiary/aromatic N) is 1. The van der Waals surface area contributed by atoms with Gasteiger partial charge >= 0.3 is 0 Å². The molecule has 0 aromatic carbocycles. The molecule has 1 atom stereocenters. The molecule has 1 rings (SSSR count). The summed E-state index contributed by atoms with van der Waals surface area (Å²) in [4.78, 5) is 0. The average molecular weight is 180 g/mol. The average Bonchev–Trinajstić information content (AvgIpc) is 1.86. The van der Waals surface area contributed by atoms with Crippen molar-refractivity contribution in [3.63, 3.8) is 0 Å². The summed E-state index contributed by atoms with van der Waals surface area (Å²) in [6.45, 7) is 0.917. The smallest absolute Gasteiger partial charge is 0.104 e. The molecule has 0 aromatic heterocycles. The second kappa shape index (κ2) is 3.06. The highest BCUT2D eigenvalue weighted by molar-refractivity contribution is 7.89. The topological polar surface area (TPSA) is 44.2 Å². The number of hydrogen-bond donors (Lipinski definition) is 1. The predicted octanol–water partition coefficient (Wildman–Crippen LogP) is 1.01. The van der Waals surface area contributed by atoms with Gasteiger partial charge in [-0.15, -0.1) is 0 Å². The lowest BCUT2D eigenvalue weighted by Gasteiger charge is -2.27. The minimum absolute atomic E-state index is 0.420. The molecule has 0 aliphatic carbocycles. The van der Waals surface area contributed by atoms with Crippen molar-refractivity contribution >= 4 is 9.92 Å². The van der Waals surface area contributed by atoms with E-state index in [1.165, 1.54) is 6.26 Å². The highest BCUT2D eigenvalue weighted by Crippen LogP contribution is 2.15. The predicted molar refractivity (Wildman–Crippen MR) is 42.5 cm³/mol. The Hall–Kier alpha value is -0.160. The zero-order valence-electron chi connectivity index (χ0n) is 6.55. The molecule has 0 amide bonds. The molecule has 0 bridgehead atoms. The van der Waals surface area contributed by atoms with E-state index in [0.717, 1.165) is 0 Å². The summed E-state index contributed by atoms with van der Waals surface area (Å²) in [6, 6.07) is 0.